The molecule has 0 aromatic heterocycles. The van der Waals surface area contributed by atoms with Crippen LogP contribution in [0.3, 0.4) is 0 Å². The number of benzene rings is 2. The van der Waals surface area contributed by atoms with Crippen molar-refractivity contribution in [3.63, 3.8) is 0 Å². The van der Waals surface area contributed by atoms with Crippen molar-refractivity contribution in [2.24, 2.45) is 23.7 Å². The second kappa shape index (κ2) is 15.7. The van der Waals surface area contributed by atoms with E-state index in [1.807, 2.05) is 25.1 Å². The molecule has 5 aliphatic rings. The zero-order valence-electron chi connectivity index (χ0n) is 29.7. The lowest BCUT2D eigenvalue weighted by Crippen LogP contribution is -2.59. The number of allylic oxidation sites excluding steroid dienone is 1. The molecule has 4 heterocycles. The average Bonchev–Trinajstić information content (AvgIpc) is 3.28. The Morgan fingerprint density at radius 1 is 1.00 bits per heavy atom. The molecule has 4 aliphatic heterocycles. The molecule has 2 saturated heterocycles. The fourth-order valence-corrected chi connectivity index (χ4v) is 9.84. The highest BCUT2D eigenvalue weighted by molar-refractivity contribution is 7.84. The van der Waals surface area contributed by atoms with Crippen LogP contribution in [0.1, 0.15) is 73.9 Å². The molecule has 1 saturated carbocycles. The van der Waals surface area contributed by atoms with Crippen LogP contribution in [0.2, 0.25) is 0 Å². The van der Waals surface area contributed by atoms with Crippen molar-refractivity contribution in [3.05, 3.63) is 71.3 Å². The quantitative estimate of drug-likeness (QED) is 0.407. The standard InChI is InChI=1S/C40H56N4O4S/c1-4-8-30-10-5-6-12-36(30)34-24-44-23-33-13-15-37(33)32(22-42-17-18-43-19-20-47-27-35(43)25-42)11-7-9-28(2)29(3)49(46)41-40(45)31-14-16-39(48-26-34)38(44)21-31/h5-7,10-12,14,16,21,28-29,32-35,37H,4,8-9,13,15,17-20,22-27H2,1-3H3,(H,41,45)/b11-7+. The van der Waals surface area contributed by atoms with Crippen LogP contribution in [-0.2, 0) is 22.1 Å². The number of amides is 1. The molecule has 2 bridgehead atoms. The molecule has 8 atom stereocenters. The van der Waals surface area contributed by atoms with Crippen LogP contribution >= 0.6 is 0 Å². The highest BCUT2D eigenvalue weighted by Gasteiger charge is 2.40. The smallest absolute Gasteiger partial charge is 0.263 e. The summed E-state index contributed by atoms with van der Waals surface area (Å²) in [5.74, 6) is 2.55. The van der Waals surface area contributed by atoms with E-state index in [-0.39, 0.29) is 23.0 Å². The number of hydrogen-bond donors (Lipinski definition) is 1. The molecule has 1 aliphatic carbocycles. The van der Waals surface area contributed by atoms with E-state index in [4.69, 9.17) is 9.47 Å². The van der Waals surface area contributed by atoms with Crippen LogP contribution in [0, 0.1) is 23.7 Å². The predicted molar refractivity (Wildman–Crippen MR) is 198 cm³/mol. The van der Waals surface area contributed by atoms with Gasteiger partial charge in [-0.05, 0) is 85.6 Å². The lowest BCUT2D eigenvalue weighted by molar-refractivity contribution is -0.0492. The average molecular weight is 689 g/mol. The molecule has 2 aromatic carbocycles. The topological polar surface area (TPSA) is 74.3 Å². The van der Waals surface area contributed by atoms with Crippen LogP contribution in [0.4, 0.5) is 5.69 Å². The first-order valence-electron chi connectivity index (χ1n) is 18.9. The Morgan fingerprint density at radius 3 is 2.71 bits per heavy atom. The molecule has 1 amide bonds. The van der Waals surface area contributed by atoms with E-state index in [2.05, 4.69) is 69.7 Å². The van der Waals surface area contributed by atoms with Gasteiger partial charge in [0, 0.05) is 63.3 Å². The summed E-state index contributed by atoms with van der Waals surface area (Å²) in [7, 11) is -1.49. The maximum atomic E-state index is 13.5. The summed E-state index contributed by atoms with van der Waals surface area (Å²) in [6.07, 6.45) is 10.3. The van der Waals surface area contributed by atoms with Crippen LogP contribution in [0.25, 0.3) is 0 Å². The van der Waals surface area contributed by atoms with Crippen LogP contribution < -0.4 is 14.4 Å². The number of rotatable bonds is 5. The Bertz CT molecular complexity index is 1520. The highest BCUT2D eigenvalue weighted by Crippen LogP contribution is 2.44. The van der Waals surface area contributed by atoms with E-state index in [1.165, 1.54) is 24.0 Å². The monoisotopic (exact) mass is 688 g/mol. The van der Waals surface area contributed by atoms with Gasteiger partial charge in [-0.1, -0.05) is 56.7 Å². The molecule has 49 heavy (non-hydrogen) atoms. The number of nitrogens with one attached hydrogen (secondary N) is 1. The van der Waals surface area contributed by atoms with Crippen molar-refractivity contribution < 1.29 is 18.5 Å². The van der Waals surface area contributed by atoms with Crippen molar-refractivity contribution in [2.45, 2.75) is 70.1 Å². The zero-order chi connectivity index (χ0) is 33.9. The summed E-state index contributed by atoms with van der Waals surface area (Å²) >= 11 is 0. The first-order valence-corrected chi connectivity index (χ1v) is 20.1. The molecule has 266 valence electrons. The number of aryl methyl sites for hydroxylation is 1. The third-order valence-corrected chi connectivity index (χ3v) is 13.7. The van der Waals surface area contributed by atoms with E-state index < -0.39 is 11.0 Å². The van der Waals surface area contributed by atoms with E-state index in [1.54, 1.807) is 0 Å². The molecule has 8 unspecified atom stereocenters. The van der Waals surface area contributed by atoms with Gasteiger partial charge < -0.3 is 14.4 Å². The first-order chi connectivity index (χ1) is 23.9. The highest BCUT2D eigenvalue weighted by atomic mass is 32.2. The molecule has 0 radical (unpaired) electrons. The van der Waals surface area contributed by atoms with Crippen molar-refractivity contribution in [1.82, 2.24) is 14.5 Å². The Hall–Kier alpha value is -2.72. The second-order valence-electron chi connectivity index (χ2n) is 15.3. The number of anilines is 1. The molecule has 7 rings (SSSR count). The molecule has 2 aromatic rings. The van der Waals surface area contributed by atoms with Crippen LogP contribution in [0.5, 0.6) is 5.75 Å². The Labute approximate surface area is 296 Å². The molecule has 9 heteroatoms. The number of fused-ring (bicyclic) bond motifs is 3. The number of hydrogen-bond acceptors (Lipinski definition) is 7. The largest absolute Gasteiger partial charge is 0.491 e. The van der Waals surface area contributed by atoms with Crippen LogP contribution in [-0.4, -0.2) is 96.8 Å². The van der Waals surface area contributed by atoms with Crippen molar-refractivity contribution >= 4 is 22.6 Å². The summed E-state index contributed by atoms with van der Waals surface area (Å²) in [5.41, 5.74) is 4.29. The van der Waals surface area contributed by atoms with Gasteiger partial charge in [0.25, 0.3) is 5.91 Å². The number of piperazine rings is 1. The van der Waals surface area contributed by atoms with Gasteiger partial charge in [-0.2, -0.15) is 0 Å². The minimum absolute atomic E-state index is 0.166. The Kier molecular flexibility index (Phi) is 11.1. The van der Waals surface area contributed by atoms with E-state index in [0.717, 1.165) is 89.7 Å². The van der Waals surface area contributed by atoms with E-state index in [9.17, 15) is 9.00 Å². The Balaban J connectivity index is 1.20. The molecular weight excluding hydrogens is 633 g/mol. The van der Waals surface area contributed by atoms with Gasteiger partial charge >= 0.3 is 0 Å². The number of ether oxygens (including phenoxy) is 2. The number of carbonyl (C=O) groups is 1. The fourth-order valence-electron chi connectivity index (χ4n) is 8.82. The first kappa shape index (κ1) is 34.7. The zero-order valence-corrected chi connectivity index (χ0v) is 30.5. The maximum absolute atomic E-state index is 13.5. The fraction of sp³-hybridized carbons (Fsp3) is 0.625. The van der Waals surface area contributed by atoms with Gasteiger partial charge in [0.2, 0.25) is 0 Å². The van der Waals surface area contributed by atoms with Crippen molar-refractivity contribution in [2.75, 3.05) is 70.5 Å². The van der Waals surface area contributed by atoms with E-state index in [0.29, 0.717) is 36.0 Å². The molecule has 8 nitrogen and oxygen atoms in total. The van der Waals surface area contributed by atoms with Gasteiger partial charge in [0.15, 0.2) is 0 Å². The number of carbonyl (C=O) groups excluding carboxylic acids is 1. The number of nitrogens with zero attached hydrogens (tertiary/aromatic N) is 3. The summed E-state index contributed by atoms with van der Waals surface area (Å²) in [6, 6.07) is 15.1. The predicted octanol–water partition coefficient (Wildman–Crippen LogP) is 5.66. The molecule has 1 N–H and O–H groups in total. The van der Waals surface area contributed by atoms with Gasteiger partial charge in [-0.15, -0.1) is 0 Å². The SMILES string of the molecule is CCCc1ccccc1C1COc2ccc3cc2N(C1)CC1CCC1C(CN1CCN2CCOCC2C1)/C=C/CC(C)C(C)S(=O)NC3=O. The number of morpholine rings is 1. The van der Waals surface area contributed by atoms with Gasteiger partial charge in [0.1, 0.15) is 16.7 Å². The van der Waals surface area contributed by atoms with Gasteiger partial charge in [-0.3, -0.25) is 19.3 Å². The summed E-state index contributed by atoms with van der Waals surface area (Å²) in [4.78, 5) is 21.3. The normalized spacial score (nSPS) is 33.6. The van der Waals surface area contributed by atoms with Crippen molar-refractivity contribution in [1.29, 1.82) is 0 Å². The van der Waals surface area contributed by atoms with Gasteiger partial charge in [-0.25, -0.2) is 4.21 Å². The third-order valence-electron chi connectivity index (χ3n) is 12.2. The molecule has 0 spiro atoms. The maximum Gasteiger partial charge on any atom is 0.263 e. The van der Waals surface area contributed by atoms with Crippen molar-refractivity contribution in [3.8, 4) is 5.75 Å². The minimum Gasteiger partial charge on any atom is -0.491 e. The van der Waals surface area contributed by atoms with E-state index >= 15 is 0 Å². The Morgan fingerprint density at radius 2 is 1.88 bits per heavy atom. The minimum atomic E-state index is -1.49. The lowest BCUT2D eigenvalue weighted by Gasteiger charge is -2.48. The molecule has 3 fully saturated rings. The summed E-state index contributed by atoms with van der Waals surface area (Å²) in [6.45, 7) is 15.9. The summed E-state index contributed by atoms with van der Waals surface area (Å²) < 4.78 is 28.7. The third kappa shape index (κ3) is 7.80. The second-order valence-corrected chi connectivity index (χ2v) is 16.9. The van der Waals surface area contributed by atoms with Crippen LogP contribution in [0.15, 0.2) is 54.6 Å². The molecular formula is C40H56N4O4S. The summed E-state index contributed by atoms with van der Waals surface area (Å²) in [5, 5.41) is -0.166. The van der Waals surface area contributed by atoms with Gasteiger partial charge in [0.05, 0.1) is 30.8 Å². The lowest BCUT2D eigenvalue weighted by atomic mass is 9.66.